The van der Waals surface area contributed by atoms with Gasteiger partial charge in [-0.05, 0) is 105 Å². The van der Waals surface area contributed by atoms with Crippen LogP contribution >= 0.6 is 0 Å². The molecule has 61 heavy (non-hydrogen) atoms. The molecule has 0 spiro atoms. The summed E-state index contributed by atoms with van der Waals surface area (Å²) in [6.07, 6.45) is -0.359. The van der Waals surface area contributed by atoms with E-state index in [9.17, 15) is 40.3 Å². The Hall–Kier alpha value is -6.80. The molecule has 0 aromatic heterocycles. The van der Waals surface area contributed by atoms with Gasteiger partial charge >= 0.3 is 18.0 Å². The zero-order chi connectivity index (χ0) is 44.7. The van der Waals surface area contributed by atoms with Gasteiger partial charge in [0.25, 0.3) is 20.2 Å². The van der Waals surface area contributed by atoms with Crippen molar-refractivity contribution < 1.29 is 49.8 Å². The maximum absolute atomic E-state index is 12.8. The number of carbonyl (C=O) groups is 3. The normalized spacial score (nSPS) is 12.1. The Morgan fingerprint density at radius 2 is 1.43 bits per heavy atom. The number of hydrogen-bond donors (Lipinski definition) is 8. The molecule has 0 unspecified atom stereocenters. The minimum absolute atomic E-state index is 0.0157. The molecular formula is C42H42N6O11S2. The van der Waals surface area contributed by atoms with Gasteiger partial charge in [0.05, 0.1) is 28.8 Å². The third-order valence-corrected chi connectivity index (χ3v) is 12.2. The molecular weight excluding hydrogens is 829 g/mol. The number of primary amides is 1. The Morgan fingerprint density at radius 1 is 0.738 bits per heavy atom. The molecule has 2 aliphatic rings. The minimum atomic E-state index is -4.86. The number of aryl methyl sites for hydroxylation is 2. The van der Waals surface area contributed by atoms with E-state index in [1.54, 1.807) is 55.5 Å². The van der Waals surface area contributed by atoms with Gasteiger partial charge in [-0.15, -0.1) is 0 Å². The Morgan fingerprint density at radius 3 is 2.08 bits per heavy atom. The summed E-state index contributed by atoms with van der Waals surface area (Å²) >= 11 is 0. The predicted molar refractivity (Wildman–Crippen MR) is 230 cm³/mol. The molecule has 0 atom stereocenters. The van der Waals surface area contributed by atoms with Crippen molar-refractivity contribution in [1.82, 2.24) is 5.32 Å². The zero-order valence-electron chi connectivity index (χ0n) is 33.7. The van der Waals surface area contributed by atoms with Gasteiger partial charge < -0.3 is 36.5 Å². The average molecular weight is 871 g/mol. The highest BCUT2D eigenvalue weighted by molar-refractivity contribution is 7.86. The van der Waals surface area contributed by atoms with Crippen molar-refractivity contribution >= 4 is 77.7 Å². The van der Waals surface area contributed by atoms with Gasteiger partial charge in [0.15, 0.2) is 0 Å². The van der Waals surface area contributed by atoms with E-state index < -0.39 is 43.2 Å². The van der Waals surface area contributed by atoms with Crippen LogP contribution in [0.25, 0.3) is 33.4 Å². The minimum Gasteiger partial charge on any atom is -0.481 e. The fourth-order valence-electron chi connectivity index (χ4n) is 7.55. The first-order valence-corrected chi connectivity index (χ1v) is 21.4. The summed E-state index contributed by atoms with van der Waals surface area (Å²) in [6.45, 7) is 9.79. The number of aliphatic carboxylic acids is 1. The second-order valence-electron chi connectivity index (χ2n) is 14.4. The van der Waals surface area contributed by atoms with Gasteiger partial charge in [-0.1, -0.05) is 24.3 Å². The lowest BCUT2D eigenvalue weighted by Crippen LogP contribution is -2.31. The Bertz CT molecular complexity index is 3090. The van der Waals surface area contributed by atoms with Crippen LogP contribution in [0.4, 0.5) is 38.0 Å². The number of carbonyl (C=O) groups excluding carboxylic acids is 2. The summed E-state index contributed by atoms with van der Waals surface area (Å²) in [6, 6.07) is 16.2. The first kappa shape index (κ1) is 43.8. The van der Waals surface area contributed by atoms with Crippen molar-refractivity contribution in [1.29, 1.82) is 0 Å². The number of nitrogens with two attached hydrogens (primary N) is 1. The highest BCUT2D eigenvalue weighted by Crippen LogP contribution is 2.44. The van der Waals surface area contributed by atoms with E-state index in [2.05, 4.69) is 21.3 Å². The van der Waals surface area contributed by atoms with Crippen LogP contribution < -0.4 is 32.4 Å². The summed E-state index contributed by atoms with van der Waals surface area (Å²) in [7, 11) is -9.59. The topological polar surface area (TPSA) is 280 Å². The van der Waals surface area contributed by atoms with Crippen LogP contribution in [-0.4, -0.2) is 55.6 Å². The molecule has 1 heterocycles. The lowest BCUT2D eigenvalue weighted by molar-refractivity contribution is -0.136. The van der Waals surface area contributed by atoms with Gasteiger partial charge in [0.2, 0.25) is 0 Å². The van der Waals surface area contributed by atoms with E-state index >= 15 is 0 Å². The van der Waals surface area contributed by atoms with E-state index in [1.807, 2.05) is 26.8 Å². The highest BCUT2D eigenvalue weighted by atomic mass is 32.2. The summed E-state index contributed by atoms with van der Waals surface area (Å²) in [4.78, 5) is 39.5. The molecule has 4 aromatic rings. The summed E-state index contributed by atoms with van der Waals surface area (Å²) in [5.41, 5.74) is 11.4. The van der Waals surface area contributed by atoms with Gasteiger partial charge in [0, 0.05) is 52.1 Å². The number of urea groups is 2. The molecule has 6 rings (SSSR count). The molecule has 0 saturated carbocycles. The lowest BCUT2D eigenvalue weighted by atomic mass is 9.93. The van der Waals surface area contributed by atoms with Crippen LogP contribution in [0, 0.1) is 41.5 Å². The lowest BCUT2D eigenvalue weighted by Gasteiger charge is -2.20. The van der Waals surface area contributed by atoms with Crippen molar-refractivity contribution in [3.63, 3.8) is 0 Å². The number of amides is 4. The van der Waals surface area contributed by atoms with E-state index in [1.165, 1.54) is 26.0 Å². The summed E-state index contributed by atoms with van der Waals surface area (Å²) < 4.78 is 78.0. The molecule has 0 bridgehead atoms. The molecule has 9 N–H and O–H groups in total. The van der Waals surface area contributed by atoms with E-state index in [4.69, 9.17) is 20.2 Å². The van der Waals surface area contributed by atoms with Crippen molar-refractivity contribution in [2.24, 2.45) is 10.7 Å². The van der Waals surface area contributed by atoms with Crippen LogP contribution in [-0.2, 0) is 25.0 Å². The molecule has 4 amide bonds. The molecule has 0 radical (unpaired) electrons. The zero-order valence-corrected chi connectivity index (χ0v) is 35.3. The molecule has 4 aromatic carbocycles. The quantitative estimate of drug-likeness (QED) is 0.0461. The fraction of sp³-hybridized carbons (Fsp3) is 0.190. The maximum atomic E-state index is 12.8. The molecule has 318 valence electrons. The van der Waals surface area contributed by atoms with Crippen LogP contribution in [0.1, 0.15) is 39.8 Å². The standard InChI is InChI=1S/C42H42N6O11S2/c1-20-17-21(2)37(47-41(43)51)22(3)36(20)45-26-11-13-28-31(18-26)59-32-19-27(12-14-29(32)35(28)30-9-7-8-10-33(30)60(53,54)55)46-38-23(4)39(48-42(52)44-16-15-34(49)50)25(6)40(24(38)5)61(56,57)58/h7-14,17-19,45H,15-16H2,1-6H3,(H,49,50)(H3,43,47,51)(H2,44,48,52)(H,53,54,55)(H,56,57,58). The van der Waals surface area contributed by atoms with Crippen LogP contribution in [0.5, 0.6) is 0 Å². The SMILES string of the molecule is Cc1cc(C)c(Nc2ccc3c(-c4ccccc4S(=O)(=O)O)c4ccc(=Nc5c(C)c(NC(=O)NCCC(=O)O)c(C)c(S(=O)(=O)O)c5C)cc-4oc3c2)c(C)c1NC(N)=O. The first-order valence-electron chi connectivity index (χ1n) is 18.5. The van der Waals surface area contributed by atoms with Gasteiger partial charge in [0.1, 0.15) is 21.1 Å². The molecule has 1 aliphatic heterocycles. The van der Waals surface area contributed by atoms with Gasteiger partial charge in [-0.2, -0.15) is 16.8 Å². The second-order valence-corrected chi connectivity index (χ2v) is 17.1. The van der Waals surface area contributed by atoms with Crippen LogP contribution in [0.2, 0.25) is 0 Å². The Balaban J connectivity index is 1.59. The van der Waals surface area contributed by atoms with E-state index in [-0.39, 0.29) is 62.6 Å². The Labute approximate surface area is 350 Å². The largest absolute Gasteiger partial charge is 0.481 e. The van der Waals surface area contributed by atoms with Gasteiger partial charge in [-0.3, -0.25) is 13.9 Å². The molecule has 17 nitrogen and oxygen atoms in total. The number of rotatable bonds is 11. The number of benzene rings is 5. The maximum Gasteiger partial charge on any atom is 0.319 e. The molecule has 1 aliphatic carbocycles. The number of fused-ring (bicyclic) bond motifs is 2. The number of carboxylic acids is 1. The monoisotopic (exact) mass is 870 g/mol. The highest BCUT2D eigenvalue weighted by Gasteiger charge is 2.27. The molecule has 0 saturated heterocycles. The number of anilines is 4. The number of hydrogen-bond acceptors (Lipinski definition) is 10. The van der Waals surface area contributed by atoms with Crippen molar-refractivity contribution in [3.8, 4) is 22.5 Å². The predicted octanol–water partition coefficient (Wildman–Crippen LogP) is 7.61. The smallest absolute Gasteiger partial charge is 0.319 e. The second kappa shape index (κ2) is 16.7. The average Bonchev–Trinajstić information content (AvgIpc) is 3.16. The number of nitrogens with zero attached hydrogens (tertiary/aromatic N) is 1. The van der Waals surface area contributed by atoms with E-state index in [0.717, 1.165) is 16.7 Å². The van der Waals surface area contributed by atoms with Crippen molar-refractivity contribution in [3.05, 3.63) is 105 Å². The summed E-state index contributed by atoms with van der Waals surface area (Å²) in [5, 5.41) is 20.7. The van der Waals surface area contributed by atoms with Crippen LogP contribution in [0.3, 0.4) is 0 Å². The third kappa shape index (κ3) is 9.04. The third-order valence-electron chi connectivity index (χ3n) is 10.1. The number of nitrogens with one attached hydrogen (secondary N) is 4. The van der Waals surface area contributed by atoms with Crippen LogP contribution in [0.15, 0.2) is 85.9 Å². The number of carboxylic acid groups (broad SMARTS) is 1. The first-order chi connectivity index (χ1) is 28.6. The molecule has 19 heteroatoms. The van der Waals surface area contributed by atoms with E-state index in [0.29, 0.717) is 39.1 Å². The van der Waals surface area contributed by atoms with Crippen molar-refractivity contribution in [2.45, 2.75) is 57.8 Å². The fourth-order valence-corrected chi connectivity index (χ4v) is 9.22. The summed E-state index contributed by atoms with van der Waals surface area (Å²) in [5.74, 6) is -0.933. The van der Waals surface area contributed by atoms with Gasteiger partial charge in [-0.25, -0.2) is 14.6 Å². The van der Waals surface area contributed by atoms with Crippen molar-refractivity contribution in [2.75, 3.05) is 22.5 Å². The molecule has 0 fully saturated rings. The Kier molecular flexibility index (Phi) is 12.0.